The number of carbonyl (C=O) groups is 2. The summed E-state index contributed by atoms with van der Waals surface area (Å²) in [5.41, 5.74) is 12.6. The monoisotopic (exact) mass is 702 g/mol. The van der Waals surface area contributed by atoms with Crippen LogP contribution in [0.5, 0.6) is 5.75 Å². The van der Waals surface area contributed by atoms with E-state index in [0.717, 1.165) is 55.5 Å². The van der Waals surface area contributed by atoms with Gasteiger partial charge in [-0.1, -0.05) is 11.6 Å². The van der Waals surface area contributed by atoms with Crippen LogP contribution < -0.4 is 10.5 Å². The van der Waals surface area contributed by atoms with Gasteiger partial charge in [0, 0.05) is 81.7 Å². The number of nitrogens with zero attached hydrogens (tertiary/aromatic N) is 5. The van der Waals surface area contributed by atoms with Crippen molar-refractivity contribution in [3.05, 3.63) is 93.4 Å². The van der Waals surface area contributed by atoms with E-state index in [1.807, 2.05) is 49.7 Å². The van der Waals surface area contributed by atoms with Gasteiger partial charge >= 0.3 is 5.97 Å². The minimum atomic E-state index is -0.454. The van der Waals surface area contributed by atoms with Gasteiger partial charge in [-0.2, -0.15) is 10.2 Å². The zero-order chi connectivity index (χ0) is 35.0. The Morgan fingerprint density at radius 2 is 1.86 bits per heavy atom. The first-order chi connectivity index (χ1) is 23.6. The number of halogens is 2. The highest BCUT2D eigenvalue weighted by atomic mass is 35.5. The molecule has 0 aliphatic rings. The fourth-order valence-corrected chi connectivity index (χ4v) is 7.60. The normalized spacial score (nSPS) is 11.5. The summed E-state index contributed by atoms with van der Waals surface area (Å²) in [5, 5.41) is 11.7. The summed E-state index contributed by atoms with van der Waals surface area (Å²) in [5.74, 6) is 0.388. The number of benzene rings is 3. The smallest absolute Gasteiger partial charge is 0.354 e. The van der Waals surface area contributed by atoms with Crippen molar-refractivity contribution in [3.63, 3.8) is 0 Å². The second-order valence-electron chi connectivity index (χ2n) is 11.7. The van der Waals surface area contributed by atoms with E-state index in [-0.39, 0.29) is 12.4 Å². The number of rotatable bonds is 12. The lowest BCUT2D eigenvalue weighted by Gasteiger charge is -2.14. The number of esters is 1. The lowest BCUT2D eigenvalue weighted by atomic mass is 9.97. The van der Waals surface area contributed by atoms with E-state index >= 15 is 0 Å². The van der Waals surface area contributed by atoms with Gasteiger partial charge in [-0.05, 0) is 79.7 Å². The molecule has 254 valence electrons. The molecule has 0 amide bonds. The third-order valence-corrected chi connectivity index (χ3v) is 10.1. The first-order valence-electron chi connectivity index (χ1n) is 15.7. The van der Waals surface area contributed by atoms with E-state index < -0.39 is 5.97 Å². The van der Waals surface area contributed by atoms with E-state index in [0.29, 0.717) is 58.6 Å². The van der Waals surface area contributed by atoms with Crippen LogP contribution in [-0.4, -0.2) is 50.1 Å². The number of hydrogen-bond acceptors (Lipinski definition) is 8. The van der Waals surface area contributed by atoms with E-state index in [1.165, 1.54) is 19.2 Å². The van der Waals surface area contributed by atoms with Crippen LogP contribution in [0.3, 0.4) is 0 Å². The van der Waals surface area contributed by atoms with Crippen LogP contribution in [0.25, 0.3) is 32.8 Å². The maximum absolute atomic E-state index is 14.3. The number of aromatic nitrogens is 5. The summed E-state index contributed by atoms with van der Waals surface area (Å²) in [6.07, 6.45) is 1.27. The van der Waals surface area contributed by atoms with E-state index in [9.17, 15) is 14.0 Å². The van der Waals surface area contributed by atoms with Crippen molar-refractivity contribution in [3.8, 4) is 16.9 Å². The quantitative estimate of drug-likeness (QED) is 0.0618. The molecule has 0 saturated carbocycles. The number of carbonyl (C=O) groups excluding carboxylic acids is 2. The molecule has 3 heterocycles. The van der Waals surface area contributed by atoms with Gasteiger partial charge in [0.1, 0.15) is 23.0 Å². The molecule has 0 saturated heterocycles. The predicted octanol–water partition coefficient (Wildman–Crippen LogP) is 7.16. The fraction of sp³-hybridized carbons (Fsp3) is 0.278. The molecule has 0 bridgehead atoms. The van der Waals surface area contributed by atoms with Gasteiger partial charge in [0.2, 0.25) is 0 Å². The van der Waals surface area contributed by atoms with Gasteiger partial charge in [-0.15, -0.1) is 11.8 Å². The average molecular weight is 703 g/mol. The van der Waals surface area contributed by atoms with Crippen molar-refractivity contribution in [1.29, 1.82) is 0 Å². The zero-order valence-electron chi connectivity index (χ0n) is 27.8. The highest BCUT2D eigenvalue weighted by Crippen LogP contribution is 2.42. The Morgan fingerprint density at radius 3 is 2.57 bits per heavy atom. The number of ether oxygens (including phenoxy) is 2. The van der Waals surface area contributed by atoms with Crippen molar-refractivity contribution in [1.82, 2.24) is 24.1 Å². The molecule has 6 rings (SSSR count). The van der Waals surface area contributed by atoms with E-state index in [1.54, 1.807) is 40.3 Å². The molecule has 10 nitrogen and oxygen atoms in total. The molecule has 0 spiro atoms. The van der Waals surface area contributed by atoms with Crippen molar-refractivity contribution in [2.75, 3.05) is 13.7 Å². The Balaban J connectivity index is 1.30. The predicted molar refractivity (Wildman–Crippen MR) is 190 cm³/mol. The van der Waals surface area contributed by atoms with Crippen LogP contribution in [0.15, 0.2) is 53.4 Å². The maximum atomic E-state index is 14.3. The molecule has 3 aromatic carbocycles. The molecular formula is C36H36ClFN6O4S. The molecule has 3 aromatic heterocycles. The van der Waals surface area contributed by atoms with Crippen molar-refractivity contribution in [2.24, 2.45) is 19.8 Å². The summed E-state index contributed by atoms with van der Waals surface area (Å²) >= 11 is 8.41. The lowest BCUT2D eigenvalue weighted by Crippen LogP contribution is -2.13. The number of fused-ring (bicyclic) bond motifs is 2. The third-order valence-electron chi connectivity index (χ3n) is 8.79. The average Bonchev–Trinajstić information content (AvgIpc) is 3.70. The van der Waals surface area contributed by atoms with Gasteiger partial charge < -0.3 is 19.8 Å². The number of aryl methyl sites for hydroxylation is 4. The molecule has 0 aliphatic heterocycles. The zero-order valence-corrected chi connectivity index (χ0v) is 29.4. The molecule has 0 radical (unpaired) electrons. The second-order valence-corrected chi connectivity index (χ2v) is 13.2. The summed E-state index contributed by atoms with van der Waals surface area (Å²) in [7, 11) is 5.03. The molecule has 0 fully saturated rings. The Hall–Kier alpha value is -4.65. The lowest BCUT2D eigenvalue weighted by molar-refractivity contribution is 0.0587. The standard InChI is InChI=1S/C36H36ClFN6O4S/c1-20-32-30(10-9-28(37)34(32)33-21(2)42(3)41-29(33)17-39)44(35(20)36(46)47-5)11-6-12-48-31-16-26(14-22-13-23(38)7-8-27(22)31)49-19-25-15-24(18-45)40-43(25)4/h7-10,13-16,18H,6,11-12,17,19,39H2,1-5H3. The van der Waals surface area contributed by atoms with Crippen LogP contribution in [0.4, 0.5) is 4.39 Å². The van der Waals surface area contributed by atoms with Crippen LogP contribution in [0.2, 0.25) is 5.02 Å². The molecule has 13 heteroatoms. The minimum Gasteiger partial charge on any atom is -0.493 e. The van der Waals surface area contributed by atoms with Gasteiger partial charge in [-0.3, -0.25) is 14.2 Å². The van der Waals surface area contributed by atoms with Crippen molar-refractivity contribution < 1.29 is 23.5 Å². The first-order valence-corrected chi connectivity index (χ1v) is 17.0. The molecule has 6 aromatic rings. The molecule has 0 atom stereocenters. The number of hydrogen-bond donors (Lipinski definition) is 1. The van der Waals surface area contributed by atoms with Crippen LogP contribution in [0.1, 0.15) is 50.0 Å². The molecule has 0 aliphatic carbocycles. The van der Waals surface area contributed by atoms with Crippen LogP contribution >= 0.6 is 23.4 Å². The summed E-state index contributed by atoms with van der Waals surface area (Å²) in [4.78, 5) is 25.3. The largest absolute Gasteiger partial charge is 0.493 e. The van der Waals surface area contributed by atoms with Crippen LogP contribution in [0, 0.1) is 19.7 Å². The Labute approximate surface area is 291 Å². The summed E-state index contributed by atoms with van der Waals surface area (Å²) < 4.78 is 31.3. The Kier molecular flexibility index (Phi) is 9.82. The summed E-state index contributed by atoms with van der Waals surface area (Å²) in [6, 6.07) is 14.0. The fourth-order valence-electron chi connectivity index (χ4n) is 6.36. The van der Waals surface area contributed by atoms with Gasteiger partial charge in [0.15, 0.2) is 6.29 Å². The second kappa shape index (κ2) is 14.1. The molecular weight excluding hydrogens is 667 g/mol. The highest BCUT2D eigenvalue weighted by molar-refractivity contribution is 7.98. The Bertz CT molecular complexity index is 2240. The van der Waals surface area contributed by atoms with E-state index in [2.05, 4.69) is 10.2 Å². The topological polar surface area (TPSA) is 119 Å². The van der Waals surface area contributed by atoms with Crippen molar-refractivity contribution >= 4 is 57.3 Å². The van der Waals surface area contributed by atoms with Gasteiger partial charge in [0.05, 0.1) is 19.4 Å². The van der Waals surface area contributed by atoms with Crippen LogP contribution in [-0.2, 0) is 37.7 Å². The minimum absolute atomic E-state index is 0.232. The highest BCUT2D eigenvalue weighted by Gasteiger charge is 2.27. The molecule has 49 heavy (non-hydrogen) atoms. The third kappa shape index (κ3) is 6.43. The SMILES string of the molecule is COC(=O)c1c(C)c2c(-c3c(CN)nn(C)c3C)c(Cl)ccc2n1CCCOc1cc(SCc2cc(C=O)nn2C)cc2cc(F)ccc12. The number of thioether (sulfide) groups is 1. The van der Waals surface area contributed by atoms with E-state index in [4.69, 9.17) is 26.8 Å². The number of aldehydes is 1. The summed E-state index contributed by atoms with van der Waals surface area (Å²) in [6.45, 7) is 4.87. The van der Waals surface area contributed by atoms with Gasteiger partial charge in [0.25, 0.3) is 0 Å². The molecule has 0 unspecified atom stereocenters. The van der Waals surface area contributed by atoms with Gasteiger partial charge in [-0.25, -0.2) is 9.18 Å². The Morgan fingerprint density at radius 1 is 1.06 bits per heavy atom. The number of nitrogens with two attached hydrogens (primary N) is 1. The first kappa shape index (κ1) is 34.2. The maximum Gasteiger partial charge on any atom is 0.354 e. The molecule has 2 N–H and O–H groups in total. The number of methoxy groups -OCH3 is 1. The van der Waals surface area contributed by atoms with Crippen molar-refractivity contribution in [2.45, 2.75) is 44.0 Å².